The highest BCUT2D eigenvalue weighted by Gasteiger charge is 2.52. The van der Waals surface area contributed by atoms with Crippen LogP contribution >= 0.6 is 0 Å². The van der Waals surface area contributed by atoms with Gasteiger partial charge in [0.05, 0.1) is 11.5 Å². The molecule has 20 heavy (non-hydrogen) atoms. The maximum atomic E-state index is 6.21. The van der Waals surface area contributed by atoms with Gasteiger partial charge in [-0.25, -0.2) is 0 Å². The SMILES string of the molecule is CCCOC1c2ccccc2[C@@]1(CC)c1ccccc1. The van der Waals surface area contributed by atoms with Crippen LogP contribution in [0.1, 0.15) is 49.5 Å². The lowest BCUT2D eigenvalue weighted by atomic mass is 9.56. The maximum Gasteiger partial charge on any atom is 0.0965 e. The molecule has 1 aliphatic rings. The van der Waals surface area contributed by atoms with Crippen molar-refractivity contribution in [1.82, 2.24) is 0 Å². The van der Waals surface area contributed by atoms with Crippen molar-refractivity contribution < 1.29 is 4.74 Å². The molecule has 2 atom stereocenters. The summed E-state index contributed by atoms with van der Waals surface area (Å²) in [5, 5.41) is 0. The van der Waals surface area contributed by atoms with Gasteiger partial charge in [0.25, 0.3) is 0 Å². The molecular weight excluding hydrogens is 244 g/mol. The van der Waals surface area contributed by atoms with Gasteiger partial charge in [-0.2, -0.15) is 0 Å². The first-order chi connectivity index (χ1) is 9.84. The standard InChI is InChI=1S/C19H22O/c1-3-14-20-18-16-12-8-9-13-17(16)19(18,4-2)15-10-6-5-7-11-15/h5-13,18H,3-4,14H2,1-2H3/t18?,19-/m1/s1. The first-order valence-electron chi connectivity index (χ1n) is 7.61. The second-order valence-electron chi connectivity index (χ2n) is 5.53. The molecule has 2 aromatic carbocycles. The number of hydrogen-bond acceptors (Lipinski definition) is 1. The minimum absolute atomic E-state index is 0.0347. The van der Waals surface area contributed by atoms with Gasteiger partial charge in [-0.3, -0.25) is 0 Å². The maximum absolute atomic E-state index is 6.21. The molecule has 1 heteroatoms. The monoisotopic (exact) mass is 266 g/mol. The Bertz CT molecular complexity index is 575. The van der Waals surface area contributed by atoms with Crippen molar-refractivity contribution in [2.75, 3.05) is 6.61 Å². The second kappa shape index (κ2) is 5.41. The second-order valence-corrected chi connectivity index (χ2v) is 5.53. The van der Waals surface area contributed by atoms with Crippen LogP contribution in [0.4, 0.5) is 0 Å². The molecule has 2 aromatic rings. The number of rotatable bonds is 5. The molecule has 0 spiro atoms. The Morgan fingerprint density at radius 1 is 0.950 bits per heavy atom. The van der Waals surface area contributed by atoms with Gasteiger partial charge in [-0.05, 0) is 29.5 Å². The Balaban J connectivity index is 2.09. The van der Waals surface area contributed by atoms with Crippen molar-refractivity contribution in [3.63, 3.8) is 0 Å². The highest BCUT2D eigenvalue weighted by Crippen LogP contribution is 2.57. The summed E-state index contributed by atoms with van der Waals surface area (Å²) in [6, 6.07) is 19.6. The molecule has 0 bridgehead atoms. The van der Waals surface area contributed by atoms with E-state index in [2.05, 4.69) is 68.4 Å². The van der Waals surface area contributed by atoms with E-state index in [9.17, 15) is 0 Å². The van der Waals surface area contributed by atoms with E-state index < -0.39 is 0 Å². The molecular formula is C19H22O. The van der Waals surface area contributed by atoms with E-state index in [0.29, 0.717) is 0 Å². The Labute approximate surface area is 121 Å². The van der Waals surface area contributed by atoms with Crippen molar-refractivity contribution in [2.24, 2.45) is 0 Å². The van der Waals surface area contributed by atoms with Crippen LogP contribution in [0.3, 0.4) is 0 Å². The van der Waals surface area contributed by atoms with Crippen LogP contribution < -0.4 is 0 Å². The zero-order chi connectivity index (χ0) is 14.0. The zero-order valence-electron chi connectivity index (χ0n) is 12.3. The fraction of sp³-hybridized carbons (Fsp3) is 0.368. The van der Waals surface area contributed by atoms with Gasteiger partial charge in [-0.1, -0.05) is 68.4 Å². The minimum atomic E-state index is 0.0347. The van der Waals surface area contributed by atoms with E-state index in [-0.39, 0.29) is 11.5 Å². The third kappa shape index (κ3) is 1.81. The molecule has 0 aromatic heterocycles. The summed E-state index contributed by atoms with van der Waals surface area (Å²) < 4.78 is 6.21. The number of benzene rings is 2. The summed E-state index contributed by atoms with van der Waals surface area (Å²) in [7, 11) is 0. The van der Waals surface area contributed by atoms with Gasteiger partial charge in [0.1, 0.15) is 0 Å². The van der Waals surface area contributed by atoms with Crippen molar-refractivity contribution in [3.05, 3.63) is 71.3 Å². The summed E-state index contributed by atoms with van der Waals surface area (Å²) in [5.41, 5.74) is 4.22. The summed E-state index contributed by atoms with van der Waals surface area (Å²) in [6.07, 6.45) is 2.33. The lowest BCUT2D eigenvalue weighted by molar-refractivity contribution is -0.0180. The average molecular weight is 266 g/mol. The molecule has 0 heterocycles. The van der Waals surface area contributed by atoms with Gasteiger partial charge >= 0.3 is 0 Å². The highest BCUT2D eigenvalue weighted by atomic mass is 16.5. The first-order valence-corrected chi connectivity index (χ1v) is 7.61. The van der Waals surface area contributed by atoms with Crippen LogP contribution in [0.5, 0.6) is 0 Å². The lowest BCUT2D eigenvalue weighted by Crippen LogP contribution is -2.45. The highest BCUT2D eigenvalue weighted by molar-refractivity contribution is 5.56. The topological polar surface area (TPSA) is 9.23 Å². The molecule has 1 nitrogen and oxygen atoms in total. The Morgan fingerprint density at radius 3 is 2.35 bits per heavy atom. The van der Waals surface area contributed by atoms with Crippen LogP contribution in [-0.2, 0) is 10.2 Å². The molecule has 0 saturated heterocycles. The van der Waals surface area contributed by atoms with Crippen LogP contribution in [0, 0.1) is 0 Å². The molecule has 0 radical (unpaired) electrons. The van der Waals surface area contributed by atoms with Gasteiger partial charge < -0.3 is 4.74 Å². The number of hydrogen-bond donors (Lipinski definition) is 0. The zero-order valence-corrected chi connectivity index (χ0v) is 12.3. The largest absolute Gasteiger partial charge is 0.372 e. The van der Waals surface area contributed by atoms with E-state index in [1.54, 1.807) is 0 Å². The Hall–Kier alpha value is -1.60. The molecule has 0 aliphatic heterocycles. The van der Waals surface area contributed by atoms with E-state index in [4.69, 9.17) is 4.74 Å². The Kier molecular flexibility index (Phi) is 3.62. The minimum Gasteiger partial charge on any atom is -0.372 e. The van der Waals surface area contributed by atoms with Gasteiger partial charge in [-0.15, -0.1) is 0 Å². The van der Waals surface area contributed by atoms with Crippen molar-refractivity contribution in [2.45, 2.75) is 38.2 Å². The number of fused-ring (bicyclic) bond motifs is 1. The fourth-order valence-corrected chi connectivity index (χ4v) is 3.55. The van der Waals surface area contributed by atoms with Crippen molar-refractivity contribution >= 4 is 0 Å². The molecule has 0 fully saturated rings. The number of ether oxygens (including phenoxy) is 1. The summed E-state index contributed by atoms with van der Waals surface area (Å²) in [5.74, 6) is 0. The molecule has 1 aliphatic carbocycles. The summed E-state index contributed by atoms with van der Waals surface area (Å²) >= 11 is 0. The molecule has 104 valence electrons. The van der Waals surface area contributed by atoms with Crippen molar-refractivity contribution in [3.8, 4) is 0 Å². The van der Waals surface area contributed by atoms with E-state index in [0.717, 1.165) is 19.4 Å². The predicted octanol–water partition coefficient (Wildman–Crippen LogP) is 4.86. The van der Waals surface area contributed by atoms with E-state index in [1.165, 1.54) is 16.7 Å². The normalized spacial score (nSPS) is 24.0. The third-order valence-corrected chi connectivity index (χ3v) is 4.51. The predicted molar refractivity (Wildman–Crippen MR) is 82.9 cm³/mol. The Morgan fingerprint density at radius 2 is 1.65 bits per heavy atom. The van der Waals surface area contributed by atoms with Gasteiger partial charge in [0.2, 0.25) is 0 Å². The molecule has 3 rings (SSSR count). The van der Waals surface area contributed by atoms with Crippen molar-refractivity contribution in [1.29, 1.82) is 0 Å². The summed E-state index contributed by atoms with van der Waals surface area (Å²) in [4.78, 5) is 0. The first kappa shape index (κ1) is 13.4. The average Bonchev–Trinajstić information content (AvgIpc) is 2.50. The van der Waals surface area contributed by atoms with Crippen LogP contribution in [0.25, 0.3) is 0 Å². The van der Waals surface area contributed by atoms with E-state index in [1.807, 2.05) is 0 Å². The van der Waals surface area contributed by atoms with Crippen LogP contribution in [-0.4, -0.2) is 6.61 Å². The smallest absolute Gasteiger partial charge is 0.0965 e. The van der Waals surface area contributed by atoms with Crippen LogP contribution in [0.2, 0.25) is 0 Å². The van der Waals surface area contributed by atoms with Gasteiger partial charge in [0.15, 0.2) is 0 Å². The molecule has 1 unspecified atom stereocenters. The van der Waals surface area contributed by atoms with Crippen LogP contribution in [0.15, 0.2) is 54.6 Å². The molecule has 0 saturated carbocycles. The lowest BCUT2D eigenvalue weighted by Gasteiger charge is -2.51. The van der Waals surface area contributed by atoms with Gasteiger partial charge in [0, 0.05) is 6.61 Å². The molecule has 0 N–H and O–H groups in total. The summed E-state index contributed by atoms with van der Waals surface area (Å²) in [6.45, 7) is 5.26. The molecule has 0 amide bonds. The third-order valence-electron chi connectivity index (χ3n) is 4.51. The van der Waals surface area contributed by atoms with E-state index >= 15 is 0 Å². The quantitative estimate of drug-likeness (QED) is 0.750. The fourth-order valence-electron chi connectivity index (χ4n) is 3.55.